The predicted molar refractivity (Wildman–Crippen MR) is 112 cm³/mol. The fourth-order valence-corrected chi connectivity index (χ4v) is 9.33. The number of thiazole rings is 1. The van der Waals surface area contributed by atoms with E-state index in [0.29, 0.717) is 0 Å². The normalized spacial score (nSPS) is 35.2. The highest BCUT2D eigenvalue weighted by Crippen LogP contribution is 2.68. The molecule has 0 spiro atoms. The summed E-state index contributed by atoms with van der Waals surface area (Å²) in [5.41, 5.74) is 1.03. The molecule has 2 aromatic rings. The van der Waals surface area contributed by atoms with Gasteiger partial charge in [0.1, 0.15) is 0 Å². The van der Waals surface area contributed by atoms with Gasteiger partial charge in [-0.15, -0.1) is 11.8 Å². The number of amides is 2. The molecule has 2 aliphatic carbocycles. The summed E-state index contributed by atoms with van der Waals surface area (Å²) >= 11 is 2.86. The molecule has 0 unspecified atom stereocenters. The van der Waals surface area contributed by atoms with Crippen molar-refractivity contribution in [2.75, 3.05) is 6.54 Å². The van der Waals surface area contributed by atoms with Crippen LogP contribution in [0.4, 0.5) is 0 Å². The maximum absolute atomic E-state index is 13.2. The molecular formula is C21H19N3O5S2. The number of carboxylic acid groups (broad SMARTS) is 1. The SMILES string of the molecule is O=C(O)CCN1C(=O)[C@@H]2[C@H]3C[C@@H]([C@@H]4Sc5[nH]c(=O)sc5[C@H](c5cccnc5)[C@@H]34)[C@H]2C1=O. The number of nitrogens with one attached hydrogen (secondary N) is 1. The van der Waals surface area contributed by atoms with Gasteiger partial charge in [-0.3, -0.25) is 29.1 Å². The van der Waals surface area contributed by atoms with Gasteiger partial charge >= 0.3 is 10.8 Å². The number of aliphatic carboxylic acids is 1. The Morgan fingerprint density at radius 3 is 2.71 bits per heavy atom. The Labute approximate surface area is 185 Å². The number of aromatic amines is 1. The number of hydrogen-bond donors (Lipinski definition) is 2. The van der Waals surface area contributed by atoms with Crippen molar-refractivity contribution in [1.82, 2.24) is 14.9 Å². The van der Waals surface area contributed by atoms with Gasteiger partial charge in [0, 0.05) is 35.0 Å². The van der Waals surface area contributed by atoms with Crippen molar-refractivity contribution in [3.63, 3.8) is 0 Å². The van der Waals surface area contributed by atoms with Gasteiger partial charge in [-0.05, 0) is 35.8 Å². The van der Waals surface area contributed by atoms with Crippen LogP contribution in [0.25, 0.3) is 0 Å². The number of pyridine rings is 1. The lowest BCUT2D eigenvalue weighted by molar-refractivity contribution is -0.142. The van der Waals surface area contributed by atoms with Gasteiger partial charge in [-0.2, -0.15) is 0 Å². The topological polar surface area (TPSA) is 120 Å². The number of nitrogens with zero attached hydrogens (tertiary/aromatic N) is 2. The van der Waals surface area contributed by atoms with Crippen molar-refractivity contribution in [3.8, 4) is 0 Å². The van der Waals surface area contributed by atoms with Crippen LogP contribution >= 0.6 is 23.1 Å². The molecule has 2 saturated carbocycles. The number of rotatable bonds is 4. The Kier molecular flexibility index (Phi) is 4.20. The molecule has 6 rings (SSSR count). The summed E-state index contributed by atoms with van der Waals surface area (Å²) in [4.78, 5) is 58.8. The average Bonchev–Trinajstić information content (AvgIpc) is 3.46. The van der Waals surface area contributed by atoms with E-state index < -0.39 is 5.97 Å². The minimum atomic E-state index is -1.02. The van der Waals surface area contributed by atoms with Gasteiger partial charge in [-0.25, -0.2) is 0 Å². The van der Waals surface area contributed by atoms with Crippen LogP contribution in [-0.2, 0) is 14.4 Å². The molecule has 4 heterocycles. The molecular weight excluding hydrogens is 438 g/mol. The number of likely N-dealkylation sites (tertiary alicyclic amines) is 1. The van der Waals surface area contributed by atoms with E-state index in [1.54, 1.807) is 18.0 Å². The van der Waals surface area contributed by atoms with Gasteiger partial charge in [0.25, 0.3) is 0 Å². The van der Waals surface area contributed by atoms with Gasteiger partial charge < -0.3 is 10.1 Å². The molecule has 2 amide bonds. The lowest BCUT2D eigenvalue weighted by Crippen LogP contribution is -2.42. The van der Waals surface area contributed by atoms with E-state index in [0.717, 1.165) is 21.9 Å². The fraction of sp³-hybridized carbons (Fsp3) is 0.476. The van der Waals surface area contributed by atoms with Crippen LogP contribution in [0.1, 0.15) is 29.2 Å². The fourth-order valence-electron chi connectivity index (χ4n) is 6.44. The van der Waals surface area contributed by atoms with Gasteiger partial charge in [0.2, 0.25) is 11.8 Å². The summed E-state index contributed by atoms with van der Waals surface area (Å²) < 4.78 is 0. The second-order valence-corrected chi connectivity index (χ2v) is 10.9. The molecule has 7 atom stereocenters. The summed E-state index contributed by atoms with van der Waals surface area (Å²) in [7, 11) is 0. The summed E-state index contributed by atoms with van der Waals surface area (Å²) in [6, 6.07) is 3.90. The molecule has 2 N–H and O–H groups in total. The van der Waals surface area contributed by atoms with Crippen LogP contribution in [0.2, 0.25) is 0 Å². The standard InChI is InChI=1S/C21H19N3O5S2/c25-11(26)3-5-24-19(27)14-9-6-10(15(14)20(24)28)16-13(9)12(8-2-1-4-22-7-8)17-18(30-16)23-21(29)31-17/h1-2,4,7,9-10,12-16H,3,5-6H2,(H,23,29)(H,25,26)/t9-,10+,12+,13+,14+,15+,16-/m0/s1. The first-order chi connectivity index (χ1) is 15.0. The first kappa shape index (κ1) is 19.2. The Bertz CT molecular complexity index is 1160. The molecule has 0 radical (unpaired) electrons. The molecule has 3 fully saturated rings. The van der Waals surface area contributed by atoms with Gasteiger partial charge in [0.15, 0.2) is 0 Å². The largest absolute Gasteiger partial charge is 0.481 e. The van der Waals surface area contributed by atoms with Crippen LogP contribution in [-0.4, -0.2) is 49.6 Å². The number of imide groups is 1. The minimum Gasteiger partial charge on any atom is -0.481 e. The van der Waals surface area contributed by atoms with Crippen molar-refractivity contribution in [3.05, 3.63) is 44.6 Å². The molecule has 2 aliphatic heterocycles. The zero-order valence-corrected chi connectivity index (χ0v) is 17.9. The Morgan fingerprint density at radius 1 is 1.23 bits per heavy atom. The second-order valence-electron chi connectivity index (χ2n) is 8.72. The van der Waals surface area contributed by atoms with E-state index in [9.17, 15) is 19.2 Å². The smallest absolute Gasteiger partial charge is 0.305 e. The molecule has 0 aromatic carbocycles. The van der Waals surface area contributed by atoms with E-state index in [-0.39, 0.29) is 70.4 Å². The molecule has 2 bridgehead atoms. The molecule has 31 heavy (non-hydrogen) atoms. The predicted octanol–water partition coefficient (Wildman–Crippen LogP) is 1.78. The second kappa shape index (κ2) is 6.77. The van der Waals surface area contributed by atoms with Crippen molar-refractivity contribution in [2.24, 2.45) is 29.6 Å². The highest BCUT2D eigenvalue weighted by Gasteiger charge is 2.69. The van der Waals surface area contributed by atoms with Crippen molar-refractivity contribution < 1.29 is 19.5 Å². The van der Waals surface area contributed by atoms with E-state index in [1.807, 2.05) is 18.3 Å². The molecule has 4 aliphatic rings. The Hall–Kier alpha value is -2.46. The lowest BCUT2D eigenvalue weighted by atomic mass is 9.68. The number of fused-ring (bicyclic) bond motifs is 9. The van der Waals surface area contributed by atoms with E-state index in [2.05, 4.69) is 9.97 Å². The number of carbonyl (C=O) groups is 3. The number of carbonyl (C=O) groups excluding carboxylic acids is 2. The van der Waals surface area contributed by atoms with E-state index in [4.69, 9.17) is 5.11 Å². The van der Waals surface area contributed by atoms with Crippen LogP contribution in [0.15, 0.2) is 34.3 Å². The first-order valence-electron chi connectivity index (χ1n) is 10.3. The summed E-state index contributed by atoms with van der Waals surface area (Å²) in [5.74, 6) is -2.03. The Balaban J connectivity index is 1.41. The van der Waals surface area contributed by atoms with Crippen molar-refractivity contribution in [2.45, 2.75) is 29.0 Å². The molecule has 10 heteroatoms. The van der Waals surface area contributed by atoms with Gasteiger partial charge in [0.05, 0.1) is 23.3 Å². The zero-order valence-electron chi connectivity index (χ0n) is 16.3. The van der Waals surface area contributed by atoms with Gasteiger partial charge in [-0.1, -0.05) is 17.4 Å². The average molecular weight is 458 g/mol. The monoisotopic (exact) mass is 457 g/mol. The van der Waals surface area contributed by atoms with Crippen LogP contribution < -0.4 is 4.87 Å². The van der Waals surface area contributed by atoms with E-state index in [1.165, 1.54) is 16.2 Å². The van der Waals surface area contributed by atoms with Crippen LogP contribution in [0.3, 0.4) is 0 Å². The highest BCUT2D eigenvalue weighted by molar-refractivity contribution is 8.00. The van der Waals surface area contributed by atoms with Crippen molar-refractivity contribution in [1.29, 1.82) is 0 Å². The first-order valence-corrected chi connectivity index (χ1v) is 12.0. The molecule has 1 saturated heterocycles. The molecule has 8 nitrogen and oxygen atoms in total. The zero-order chi connectivity index (χ0) is 21.4. The maximum atomic E-state index is 13.2. The third kappa shape index (κ3) is 2.64. The summed E-state index contributed by atoms with van der Waals surface area (Å²) in [5, 5.41) is 10.0. The maximum Gasteiger partial charge on any atom is 0.305 e. The Morgan fingerprint density at radius 2 is 2.00 bits per heavy atom. The highest BCUT2D eigenvalue weighted by atomic mass is 32.2. The van der Waals surface area contributed by atoms with Crippen LogP contribution in [0, 0.1) is 29.6 Å². The number of thioether (sulfide) groups is 1. The minimum absolute atomic E-state index is 0.0363. The number of H-pyrrole nitrogens is 1. The van der Waals surface area contributed by atoms with Crippen LogP contribution in [0.5, 0.6) is 0 Å². The summed E-state index contributed by atoms with van der Waals surface area (Å²) in [6.45, 7) is -0.0609. The number of hydrogen-bond acceptors (Lipinski definition) is 7. The molecule has 2 aromatic heterocycles. The third-order valence-corrected chi connectivity index (χ3v) is 10.00. The lowest BCUT2D eigenvalue weighted by Gasteiger charge is -2.42. The third-order valence-electron chi connectivity index (χ3n) is 7.41. The summed E-state index contributed by atoms with van der Waals surface area (Å²) in [6.07, 6.45) is 4.13. The number of aromatic nitrogens is 2. The molecule has 160 valence electrons. The van der Waals surface area contributed by atoms with Crippen molar-refractivity contribution >= 4 is 40.9 Å². The number of carboxylic acids is 1. The van der Waals surface area contributed by atoms with E-state index >= 15 is 0 Å². The quantitative estimate of drug-likeness (QED) is 0.672.